The molecular formula is C22H32N2O2. The molecule has 0 aromatic heterocycles. The fraction of sp³-hybridized carbons (Fsp3) is 0.545. The molecule has 26 heavy (non-hydrogen) atoms. The average molecular weight is 357 g/mol. The number of piperidine rings is 1. The van der Waals surface area contributed by atoms with E-state index in [1.807, 2.05) is 12.1 Å². The number of aromatic hydroxyl groups is 1. The summed E-state index contributed by atoms with van der Waals surface area (Å²) in [5.74, 6) is 1.63. The minimum Gasteiger partial charge on any atom is -0.504 e. The molecule has 0 atom stereocenters. The van der Waals surface area contributed by atoms with Crippen molar-refractivity contribution in [2.24, 2.45) is 5.92 Å². The summed E-state index contributed by atoms with van der Waals surface area (Å²) in [6.07, 6.45) is 14.0. The predicted molar refractivity (Wildman–Crippen MR) is 107 cm³/mol. The molecule has 0 bridgehead atoms. The quantitative estimate of drug-likeness (QED) is 0.742. The van der Waals surface area contributed by atoms with Gasteiger partial charge in [0.2, 0.25) is 0 Å². The summed E-state index contributed by atoms with van der Waals surface area (Å²) >= 11 is 0. The number of rotatable bonds is 8. The second-order valence-corrected chi connectivity index (χ2v) is 7.40. The summed E-state index contributed by atoms with van der Waals surface area (Å²) in [5, 5.41) is 13.3. The minimum atomic E-state index is 0.213. The molecule has 0 unspecified atom stereocenters. The molecule has 1 aromatic rings. The lowest BCUT2D eigenvalue weighted by Crippen LogP contribution is -2.35. The summed E-state index contributed by atoms with van der Waals surface area (Å²) < 4.78 is 5.20. The van der Waals surface area contributed by atoms with Gasteiger partial charge in [0.25, 0.3) is 0 Å². The third kappa shape index (κ3) is 5.53. The molecule has 0 spiro atoms. The zero-order chi connectivity index (χ0) is 18.2. The first-order valence-corrected chi connectivity index (χ1v) is 9.93. The van der Waals surface area contributed by atoms with Crippen LogP contribution in [0.1, 0.15) is 37.7 Å². The predicted octanol–water partition coefficient (Wildman–Crippen LogP) is 3.87. The molecule has 0 radical (unpaired) electrons. The molecule has 3 rings (SSSR count). The molecule has 1 fully saturated rings. The third-order valence-corrected chi connectivity index (χ3v) is 5.54. The van der Waals surface area contributed by atoms with Crippen molar-refractivity contribution in [3.8, 4) is 11.5 Å². The first kappa shape index (κ1) is 18.8. The molecule has 1 aliphatic carbocycles. The highest BCUT2D eigenvalue weighted by molar-refractivity contribution is 5.41. The number of phenols is 1. The van der Waals surface area contributed by atoms with Gasteiger partial charge in [0.05, 0.1) is 7.11 Å². The van der Waals surface area contributed by atoms with Crippen LogP contribution in [-0.2, 0) is 6.42 Å². The van der Waals surface area contributed by atoms with E-state index in [1.165, 1.54) is 56.5 Å². The summed E-state index contributed by atoms with van der Waals surface area (Å²) in [6, 6.07) is 5.66. The van der Waals surface area contributed by atoms with Gasteiger partial charge < -0.3 is 20.1 Å². The van der Waals surface area contributed by atoms with E-state index in [1.54, 1.807) is 13.2 Å². The van der Waals surface area contributed by atoms with E-state index in [2.05, 4.69) is 28.4 Å². The number of nitrogens with zero attached hydrogens (tertiary/aromatic N) is 1. The van der Waals surface area contributed by atoms with E-state index in [4.69, 9.17) is 4.74 Å². The number of phenolic OH excluding ortho intramolecular Hbond substituents is 1. The van der Waals surface area contributed by atoms with Gasteiger partial charge in [0.1, 0.15) is 0 Å². The van der Waals surface area contributed by atoms with E-state index in [9.17, 15) is 5.11 Å². The molecule has 2 aliphatic rings. The minimum absolute atomic E-state index is 0.213. The van der Waals surface area contributed by atoms with Crippen molar-refractivity contribution < 1.29 is 9.84 Å². The lowest BCUT2D eigenvalue weighted by Gasteiger charge is -2.32. The Hall–Kier alpha value is -1.94. The largest absolute Gasteiger partial charge is 0.504 e. The van der Waals surface area contributed by atoms with Gasteiger partial charge in [-0.1, -0.05) is 18.2 Å². The first-order chi connectivity index (χ1) is 12.7. The van der Waals surface area contributed by atoms with Crippen LogP contribution < -0.4 is 10.1 Å². The lowest BCUT2D eigenvalue weighted by atomic mass is 9.93. The molecule has 0 saturated carbocycles. The number of likely N-dealkylation sites (tertiary alicyclic amines) is 1. The highest BCUT2D eigenvalue weighted by Crippen LogP contribution is 2.27. The first-order valence-electron chi connectivity index (χ1n) is 9.93. The fourth-order valence-corrected chi connectivity index (χ4v) is 3.83. The van der Waals surface area contributed by atoms with Crippen molar-refractivity contribution in [3.05, 3.63) is 47.7 Å². The van der Waals surface area contributed by atoms with Crippen molar-refractivity contribution in [2.75, 3.05) is 33.3 Å². The van der Waals surface area contributed by atoms with Crippen LogP contribution in [0.3, 0.4) is 0 Å². The maximum absolute atomic E-state index is 9.69. The average Bonchev–Trinajstić information content (AvgIpc) is 2.69. The van der Waals surface area contributed by atoms with Gasteiger partial charge in [-0.25, -0.2) is 0 Å². The van der Waals surface area contributed by atoms with Crippen LogP contribution in [0, 0.1) is 5.92 Å². The van der Waals surface area contributed by atoms with Crippen LogP contribution in [0.4, 0.5) is 0 Å². The number of nitrogens with one attached hydrogen (secondary N) is 1. The zero-order valence-electron chi connectivity index (χ0n) is 15.9. The van der Waals surface area contributed by atoms with Gasteiger partial charge in [0.15, 0.2) is 11.5 Å². The highest BCUT2D eigenvalue weighted by Gasteiger charge is 2.18. The van der Waals surface area contributed by atoms with Crippen LogP contribution in [0.25, 0.3) is 0 Å². The Balaban J connectivity index is 1.33. The molecule has 1 aromatic carbocycles. The van der Waals surface area contributed by atoms with Crippen LogP contribution in [0.2, 0.25) is 0 Å². The van der Waals surface area contributed by atoms with Crippen molar-refractivity contribution in [2.45, 2.75) is 38.5 Å². The maximum Gasteiger partial charge on any atom is 0.160 e. The molecule has 4 nitrogen and oxygen atoms in total. The number of allylic oxidation sites excluding steroid dienone is 3. The van der Waals surface area contributed by atoms with E-state index in [0.717, 1.165) is 25.4 Å². The summed E-state index contributed by atoms with van der Waals surface area (Å²) in [5.41, 5.74) is 2.53. The van der Waals surface area contributed by atoms with Crippen LogP contribution in [0.5, 0.6) is 11.5 Å². The van der Waals surface area contributed by atoms with E-state index < -0.39 is 0 Å². The SMILES string of the molecule is COc1cc(CCN2CCC(CCNC3=CCCC=C3)CC2)ccc1O. The Morgan fingerprint density at radius 1 is 1.23 bits per heavy atom. The highest BCUT2D eigenvalue weighted by atomic mass is 16.5. The molecule has 0 amide bonds. The fourth-order valence-electron chi connectivity index (χ4n) is 3.83. The van der Waals surface area contributed by atoms with Gasteiger partial charge >= 0.3 is 0 Å². The molecule has 1 aliphatic heterocycles. The van der Waals surface area contributed by atoms with E-state index in [-0.39, 0.29) is 5.75 Å². The van der Waals surface area contributed by atoms with Gasteiger partial charge in [0, 0.05) is 18.8 Å². The van der Waals surface area contributed by atoms with Crippen molar-refractivity contribution in [1.29, 1.82) is 0 Å². The van der Waals surface area contributed by atoms with Gasteiger partial charge in [-0.05, 0) is 81.3 Å². The lowest BCUT2D eigenvalue weighted by molar-refractivity contribution is 0.181. The topological polar surface area (TPSA) is 44.7 Å². The Morgan fingerprint density at radius 3 is 2.81 bits per heavy atom. The van der Waals surface area contributed by atoms with Crippen molar-refractivity contribution in [1.82, 2.24) is 10.2 Å². The normalized spacial score (nSPS) is 18.6. The summed E-state index contributed by atoms with van der Waals surface area (Å²) in [6.45, 7) is 4.57. The van der Waals surface area contributed by atoms with Gasteiger partial charge in [-0.15, -0.1) is 0 Å². The second kappa shape index (κ2) is 9.67. The van der Waals surface area contributed by atoms with Crippen molar-refractivity contribution in [3.63, 3.8) is 0 Å². The van der Waals surface area contributed by atoms with E-state index in [0.29, 0.717) is 5.75 Å². The number of hydrogen-bond acceptors (Lipinski definition) is 4. The summed E-state index contributed by atoms with van der Waals surface area (Å²) in [4.78, 5) is 2.57. The molecule has 142 valence electrons. The van der Waals surface area contributed by atoms with Gasteiger partial charge in [-0.3, -0.25) is 0 Å². The van der Waals surface area contributed by atoms with Crippen molar-refractivity contribution >= 4 is 0 Å². The van der Waals surface area contributed by atoms with Crippen LogP contribution in [-0.4, -0.2) is 43.3 Å². The zero-order valence-corrected chi connectivity index (χ0v) is 15.9. The Labute approximate surface area is 157 Å². The number of hydrogen-bond donors (Lipinski definition) is 2. The number of ether oxygens (including phenoxy) is 1. The monoisotopic (exact) mass is 356 g/mol. The molecular weight excluding hydrogens is 324 g/mol. The Bertz CT molecular complexity index is 631. The summed E-state index contributed by atoms with van der Waals surface area (Å²) in [7, 11) is 1.60. The second-order valence-electron chi connectivity index (χ2n) is 7.40. The smallest absolute Gasteiger partial charge is 0.160 e. The molecule has 1 heterocycles. The maximum atomic E-state index is 9.69. The molecule has 1 saturated heterocycles. The molecule has 2 N–H and O–H groups in total. The van der Waals surface area contributed by atoms with Gasteiger partial charge in [-0.2, -0.15) is 0 Å². The molecule has 4 heteroatoms. The van der Waals surface area contributed by atoms with E-state index >= 15 is 0 Å². The number of benzene rings is 1. The van der Waals surface area contributed by atoms with Crippen LogP contribution in [0.15, 0.2) is 42.1 Å². The number of methoxy groups -OCH3 is 1. The van der Waals surface area contributed by atoms with Crippen LogP contribution >= 0.6 is 0 Å². The third-order valence-electron chi connectivity index (χ3n) is 5.54. The Kier molecular flexibility index (Phi) is 7.01. The standard InChI is InChI=1S/C22H32N2O2/c1-26-22-17-19(7-8-21(22)25)12-16-24-14-10-18(11-15-24)9-13-23-20-5-3-2-4-6-20/h3,5-8,17-18,23,25H,2,4,9-16H2,1H3. The Morgan fingerprint density at radius 2 is 2.08 bits per heavy atom.